The predicted octanol–water partition coefficient (Wildman–Crippen LogP) is 5.61. The van der Waals surface area contributed by atoms with Gasteiger partial charge in [0.05, 0.1) is 0 Å². The summed E-state index contributed by atoms with van der Waals surface area (Å²) in [6.45, 7) is 4.40. The van der Waals surface area contributed by atoms with Crippen LogP contribution < -0.4 is 0 Å². The fraction of sp³-hybridized carbons (Fsp3) is 0.333. The molecule has 0 heterocycles. The van der Waals surface area contributed by atoms with Crippen molar-refractivity contribution in [3.05, 3.63) is 74.5 Å². The van der Waals surface area contributed by atoms with Crippen LogP contribution in [0.1, 0.15) is 37.8 Å². The van der Waals surface area contributed by atoms with E-state index in [0.717, 1.165) is 0 Å². The summed E-state index contributed by atoms with van der Waals surface area (Å²) in [5, 5.41) is 0. The van der Waals surface area contributed by atoms with Crippen LogP contribution in [0.5, 0.6) is 0 Å². The van der Waals surface area contributed by atoms with E-state index in [2.05, 4.69) is 62.4 Å². The molecule has 0 saturated carbocycles. The summed E-state index contributed by atoms with van der Waals surface area (Å²) in [5.74, 6) is 0. The molecule has 0 unspecified atom stereocenters. The Hall–Kier alpha value is -0.430. The SMILES string of the molecule is CCC[c-]1cccc1.CCC[c-]1cccc1.[CH3-].[CH3-].[Hf+4]. The summed E-state index contributed by atoms with van der Waals surface area (Å²) in [5.41, 5.74) is 2.93. The van der Waals surface area contributed by atoms with E-state index in [4.69, 9.17) is 0 Å². The second-order valence-electron chi connectivity index (χ2n) is 4.09. The van der Waals surface area contributed by atoms with Gasteiger partial charge in [0.2, 0.25) is 0 Å². The summed E-state index contributed by atoms with van der Waals surface area (Å²) < 4.78 is 0. The molecule has 0 N–H and O–H groups in total. The van der Waals surface area contributed by atoms with Crippen molar-refractivity contribution in [1.82, 2.24) is 0 Å². The van der Waals surface area contributed by atoms with Crippen LogP contribution in [0, 0.1) is 14.9 Å². The third-order valence-electron chi connectivity index (χ3n) is 2.54. The third-order valence-corrected chi connectivity index (χ3v) is 2.54. The van der Waals surface area contributed by atoms with Crippen molar-refractivity contribution in [2.75, 3.05) is 0 Å². The minimum absolute atomic E-state index is 0. The first-order valence-electron chi connectivity index (χ1n) is 6.28. The van der Waals surface area contributed by atoms with Crippen LogP contribution in [-0.4, -0.2) is 0 Å². The average molecular weight is 423 g/mol. The van der Waals surface area contributed by atoms with E-state index in [9.17, 15) is 0 Å². The Balaban J connectivity index is -0.000000233. The molecule has 19 heavy (non-hydrogen) atoms. The summed E-state index contributed by atoms with van der Waals surface area (Å²) >= 11 is 0. The molecule has 0 nitrogen and oxygen atoms in total. The predicted molar refractivity (Wildman–Crippen MR) is 84.9 cm³/mol. The minimum Gasteiger partial charge on any atom is -0.358 e. The summed E-state index contributed by atoms with van der Waals surface area (Å²) in [7, 11) is 0. The van der Waals surface area contributed by atoms with Crippen molar-refractivity contribution < 1.29 is 25.8 Å². The summed E-state index contributed by atoms with van der Waals surface area (Å²) in [6, 6.07) is 17.0. The first-order chi connectivity index (χ1) is 7.86. The van der Waals surface area contributed by atoms with Gasteiger partial charge < -0.3 is 14.9 Å². The van der Waals surface area contributed by atoms with E-state index in [1.807, 2.05) is 0 Å². The smallest absolute Gasteiger partial charge is 0.358 e. The van der Waals surface area contributed by atoms with Gasteiger partial charge in [-0.2, -0.15) is 35.4 Å². The van der Waals surface area contributed by atoms with Crippen molar-refractivity contribution in [2.45, 2.75) is 39.5 Å². The van der Waals surface area contributed by atoms with Crippen molar-refractivity contribution >= 4 is 0 Å². The van der Waals surface area contributed by atoms with Crippen LogP contribution in [0.15, 0.2) is 48.5 Å². The average Bonchev–Trinajstić information content (AvgIpc) is 2.92. The van der Waals surface area contributed by atoms with E-state index in [1.54, 1.807) is 0 Å². The maximum Gasteiger partial charge on any atom is 4.00 e. The van der Waals surface area contributed by atoms with Gasteiger partial charge in [-0.05, 0) is 0 Å². The van der Waals surface area contributed by atoms with Gasteiger partial charge in [0.1, 0.15) is 0 Å². The molecule has 0 radical (unpaired) electrons. The Labute approximate surface area is 139 Å². The molecular weight excluding hydrogens is 395 g/mol. The Morgan fingerprint density at radius 2 is 0.895 bits per heavy atom. The zero-order valence-corrected chi connectivity index (χ0v) is 16.5. The molecule has 0 aliphatic carbocycles. The van der Waals surface area contributed by atoms with Crippen molar-refractivity contribution in [3.63, 3.8) is 0 Å². The van der Waals surface area contributed by atoms with Crippen LogP contribution in [0.3, 0.4) is 0 Å². The molecular formula is C18H28Hf. The van der Waals surface area contributed by atoms with Gasteiger partial charge in [-0.15, -0.1) is 0 Å². The second-order valence-corrected chi connectivity index (χ2v) is 4.09. The van der Waals surface area contributed by atoms with Crippen LogP contribution >= 0.6 is 0 Å². The van der Waals surface area contributed by atoms with E-state index in [1.165, 1.54) is 36.8 Å². The number of hydrogen-bond acceptors (Lipinski definition) is 0. The van der Waals surface area contributed by atoms with Crippen LogP contribution in [0.2, 0.25) is 0 Å². The Morgan fingerprint density at radius 1 is 0.632 bits per heavy atom. The molecule has 0 aromatic heterocycles. The quantitative estimate of drug-likeness (QED) is 0.443. The van der Waals surface area contributed by atoms with E-state index >= 15 is 0 Å². The Bertz CT molecular complexity index is 293. The molecule has 1 heteroatoms. The van der Waals surface area contributed by atoms with E-state index < -0.39 is 0 Å². The van der Waals surface area contributed by atoms with Crippen molar-refractivity contribution in [2.24, 2.45) is 0 Å². The Kier molecular flexibility index (Phi) is 19.4. The van der Waals surface area contributed by atoms with Crippen molar-refractivity contribution in [3.8, 4) is 0 Å². The topological polar surface area (TPSA) is 0 Å². The van der Waals surface area contributed by atoms with Gasteiger partial charge in [-0.25, -0.2) is 24.3 Å². The van der Waals surface area contributed by atoms with Gasteiger partial charge in [-0.3, -0.25) is 0 Å². The molecule has 2 aromatic rings. The largest absolute Gasteiger partial charge is 4.00 e. The normalized spacial score (nSPS) is 8.11. The molecule has 104 valence electrons. The molecule has 0 bridgehead atoms. The standard InChI is InChI=1S/2C8H11.2CH3.Hf/c2*1-2-5-8-6-3-4-7-8;;;/h2*3-4,6-7H,2,5H2,1H3;2*1H3;/q4*-1;+4. The van der Waals surface area contributed by atoms with E-state index in [-0.39, 0.29) is 40.7 Å². The fourth-order valence-corrected chi connectivity index (χ4v) is 1.74. The molecule has 2 aromatic carbocycles. The molecule has 0 saturated heterocycles. The number of hydrogen-bond donors (Lipinski definition) is 0. The maximum atomic E-state index is 2.20. The number of aryl methyl sites for hydroxylation is 2. The van der Waals surface area contributed by atoms with Gasteiger partial charge >= 0.3 is 25.8 Å². The monoisotopic (exact) mass is 424 g/mol. The zero-order chi connectivity index (χ0) is 11.6. The second kappa shape index (κ2) is 15.6. The molecule has 0 aliphatic heterocycles. The molecule has 0 fully saturated rings. The summed E-state index contributed by atoms with van der Waals surface area (Å²) in [6.07, 6.45) is 4.97. The van der Waals surface area contributed by atoms with Crippen LogP contribution in [-0.2, 0) is 38.7 Å². The molecule has 2 rings (SSSR count). The van der Waals surface area contributed by atoms with Gasteiger partial charge in [0.15, 0.2) is 0 Å². The Morgan fingerprint density at radius 3 is 1.11 bits per heavy atom. The molecule has 0 spiro atoms. The van der Waals surface area contributed by atoms with Crippen LogP contribution in [0.4, 0.5) is 0 Å². The van der Waals surface area contributed by atoms with Gasteiger partial charge in [-0.1, -0.05) is 39.5 Å². The number of rotatable bonds is 4. The molecule has 0 amide bonds. The first kappa shape index (κ1) is 23.6. The third kappa shape index (κ3) is 11.1. The summed E-state index contributed by atoms with van der Waals surface area (Å²) in [4.78, 5) is 0. The van der Waals surface area contributed by atoms with Crippen LogP contribution in [0.25, 0.3) is 0 Å². The minimum atomic E-state index is 0. The molecule has 0 atom stereocenters. The van der Waals surface area contributed by atoms with Gasteiger partial charge in [0, 0.05) is 0 Å². The van der Waals surface area contributed by atoms with Crippen molar-refractivity contribution in [1.29, 1.82) is 0 Å². The zero-order valence-electron chi connectivity index (χ0n) is 12.9. The van der Waals surface area contributed by atoms with E-state index in [0.29, 0.717) is 0 Å². The molecule has 0 aliphatic rings. The first-order valence-corrected chi connectivity index (χ1v) is 6.28. The fourth-order valence-electron chi connectivity index (χ4n) is 1.74. The maximum absolute atomic E-state index is 2.20. The van der Waals surface area contributed by atoms with Gasteiger partial charge in [0.25, 0.3) is 0 Å².